The molecule has 0 radical (unpaired) electrons. The van der Waals surface area contributed by atoms with Gasteiger partial charge in [-0.1, -0.05) is 0 Å². The van der Waals surface area contributed by atoms with Gasteiger partial charge in [0, 0.05) is 44.9 Å². The summed E-state index contributed by atoms with van der Waals surface area (Å²) in [6.45, 7) is 8.82. The number of hydrogen-bond donors (Lipinski definition) is 1. The van der Waals surface area contributed by atoms with Crippen LogP contribution in [0.3, 0.4) is 0 Å². The molecule has 1 aromatic heterocycles. The molecule has 128 valence electrons. The Morgan fingerprint density at radius 1 is 1.52 bits per heavy atom. The summed E-state index contributed by atoms with van der Waals surface area (Å²) in [4.78, 5) is 11.1. The van der Waals surface area contributed by atoms with E-state index in [1.165, 1.54) is 0 Å². The average molecular weight is 320 g/mol. The van der Waals surface area contributed by atoms with Gasteiger partial charge in [-0.25, -0.2) is 9.98 Å². The molecule has 0 spiro atoms. The van der Waals surface area contributed by atoms with Crippen molar-refractivity contribution in [1.82, 2.24) is 15.2 Å². The first-order chi connectivity index (χ1) is 11.2. The molecule has 0 bridgehead atoms. The fourth-order valence-electron chi connectivity index (χ4n) is 2.61. The van der Waals surface area contributed by atoms with Crippen molar-refractivity contribution in [3.63, 3.8) is 0 Å². The van der Waals surface area contributed by atoms with E-state index in [9.17, 15) is 0 Å². The second-order valence-electron chi connectivity index (χ2n) is 5.72. The number of nitrogens with zero attached hydrogens (tertiary/aromatic N) is 3. The van der Waals surface area contributed by atoms with Crippen molar-refractivity contribution >= 4 is 5.96 Å². The number of ether oxygens (including phenoxy) is 2. The molecule has 1 N–H and O–H groups in total. The monoisotopic (exact) mass is 320 g/mol. The zero-order chi connectivity index (χ0) is 16.5. The topological polar surface area (TPSA) is 59.0 Å². The zero-order valence-electron chi connectivity index (χ0n) is 14.4. The predicted octanol–water partition coefficient (Wildman–Crippen LogP) is 1.91. The summed E-state index contributed by atoms with van der Waals surface area (Å²) in [6, 6.07) is 3.92. The van der Waals surface area contributed by atoms with E-state index in [2.05, 4.69) is 29.2 Å². The minimum Gasteiger partial charge on any atom is -0.478 e. The van der Waals surface area contributed by atoms with E-state index >= 15 is 0 Å². The lowest BCUT2D eigenvalue weighted by atomic mass is 10.1. The van der Waals surface area contributed by atoms with Crippen LogP contribution in [0.15, 0.2) is 23.3 Å². The van der Waals surface area contributed by atoms with E-state index in [1.54, 1.807) is 6.20 Å². The third-order valence-corrected chi connectivity index (χ3v) is 3.76. The van der Waals surface area contributed by atoms with Crippen molar-refractivity contribution in [2.45, 2.75) is 26.8 Å². The summed E-state index contributed by atoms with van der Waals surface area (Å²) in [5.74, 6) is 2.17. The summed E-state index contributed by atoms with van der Waals surface area (Å²) in [5, 5.41) is 3.35. The molecular formula is C17H28N4O2. The Kier molecular flexibility index (Phi) is 7.13. The second-order valence-corrected chi connectivity index (χ2v) is 5.72. The maximum absolute atomic E-state index is 5.46. The van der Waals surface area contributed by atoms with Gasteiger partial charge in [-0.3, -0.25) is 0 Å². The first kappa shape index (κ1) is 17.5. The minimum atomic E-state index is 0.592. The Bertz CT molecular complexity index is 501. The van der Waals surface area contributed by atoms with Crippen molar-refractivity contribution < 1.29 is 9.47 Å². The van der Waals surface area contributed by atoms with Gasteiger partial charge in [0.1, 0.15) is 0 Å². The number of guanidine groups is 1. The standard InChI is InChI=1S/C17H28N4O2/c1-4-18-17(21(3)12-15-7-9-22-13-15)20-11-14-6-8-19-16(10-14)23-5-2/h6,8,10,15H,4-5,7,9,11-13H2,1-3H3,(H,18,20). The molecular weight excluding hydrogens is 292 g/mol. The molecule has 1 aromatic rings. The molecule has 2 rings (SSSR count). The average Bonchev–Trinajstić information content (AvgIpc) is 3.05. The van der Waals surface area contributed by atoms with Gasteiger partial charge in [-0.2, -0.15) is 0 Å². The van der Waals surface area contributed by atoms with Gasteiger partial charge < -0.3 is 19.7 Å². The normalized spacial score (nSPS) is 18.0. The highest BCUT2D eigenvalue weighted by atomic mass is 16.5. The van der Waals surface area contributed by atoms with Gasteiger partial charge in [0.05, 0.1) is 19.8 Å². The minimum absolute atomic E-state index is 0.592. The Balaban J connectivity index is 1.98. The Morgan fingerprint density at radius 2 is 2.39 bits per heavy atom. The van der Waals surface area contributed by atoms with E-state index in [-0.39, 0.29) is 0 Å². The van der Waals surface area contributed by atoms with Crippen molar-refractivity contribution in [3.8, 4) is 5.88 Å². The highest BCUT2D eigenvalue weighted by Gasteiger charge is 2.19. The van der Waals surface area contributed by atoms with Crippen LogP contribution < -0.4 is 10.1 Å². The molecule has 1 saturated heterocycles. The molecule has 0 amide bonds. The maximum atomic E-state index is 5.46. The van der Waals surface area contributed by atoms with E-state index in [0.717, 1.165) is 44.2 Å². The Hall–Kier alpha value is -1.82. The molecule has 0 aromatic carbocycles. The first-order valence-corrected chi connectivity index (χ1v) is 8.37. The highest BCUT2D eigenvalue weighted by molar-refractivity contribution is 5.79. The van der Waals surface area contributed by atoms with Crippen LogP contribution in [-0.2, 0) is 11.3 Å². The Labute approximate surface area is 138 Å². The van der Waals surface area contributed by atoms with Gasteiger partial charge in [0.15, 0.2) is 5.96 Å². The predicted molar refractivity (Wildman–Crippen MR) is 91.8 cm³/mol. The number of aliphatic imine (C=N–C) groups is 1. The molecule has 2 heterocycles. The number of hydrogen-bond acceptors (Lipinski definition) is 4. The van der Waals surface area contributed by atoms with Crippen LogP contribution in [0.1, 0.15) is 25.8 Å². The largest absolute Gasteiger partial charge is 0.478 e. The van der Waals surface area contributed by atoms with E-state index in [0.29, 0.717) is 24.9 Å². The van der Waals surface area contributed by atoms with Crippen LogP contribution in [0.5, 0.6) is 5.88 Å². The van der Waals surface area contributed by atoms with Crippen molar-refractivity contribution in [2.24, 2.45) is 10.9 Å². The number of pyridine rings is 1. The van der Waals surface area contributed by atoms with Gasteiger partial charge in [-0.15, -0.1) is 0 Å². The molecule has 1 fully saturated rings. The number of nitrogens with one attached hydrogen (secondary N) is 1. The summed E-state index contributed by atoms with van der Waals surface area (Å²) < 4.78 is 10.9. The molecule has 1 aliphatic heterocycles. The maximum Gasteiger partial charge on any atom is 0.213 e. The van der Waals surface area contributed by atoms with Crippen molar-refractivity contribution in [3.05, 3.63) is 23.9 Å². The molecule has 1 aliphatic rings. The summed E-state index contributed by atoms with van der Waals surface area (Å²) in [5.41, 5.74) is 1.09. The van der Waals surface area contributed by atoms with E-state index < -0.39 is 0 Å². The molecule has 6 nitrogen and oxygen atoms in total. The van der Waals surface area contributed by atoms with Gasteiger partial charge in [0.25, 0.3) is 0 Å². The molecule has 1 atom stereocenters. The van der Waals surface area contributed by atoms with Crippen LogP contribution in [0.25, 0.3) is 0 Å². The molecule has 6 heteroatoms. The lowest BCUT2D eigenvalue weighted by Gasteiger charge is -2.24. The lowest BCUT2D eigenvalue weighted by Crippen LogP contribution is -2.41. The molecule has 23 heavy (non-hydrogen) atoms. The third-order valence-electron chi connectivity index (χ3n) is 3.76. The number of aromatic nitrogens is 1. The summed E-state index contributed by atoms with van der Waals surface area (Å²) in [7, 11) is 2.08. The van der Waals surface area contributed by atoms with Crippen LogP contribution in [0.2, 0.25) is 0 Å². The quantitative estimate of drug-likeness (QED) is 0.614. The zero-order valence-corrected chi connectivity index (χ0v) is 14.4. The van der Waals surface area contributed by atoms with Crippen LogP contribution >= 0.6 is 0 Å². The summed E-state index contributed by atoms with van der Waals surface area (Å²) >= 11 is 0. The van der Waals surface area contributed by atoms with Gasteiger partial charge >= 0.3 is 0 Å². The second kappa shape index (κ2) is 9.35. The van der Waals surface area contributed by atoms with Crippen molar-refractivity contribution in [2.75, 3.05) is 40.0 Å². The van der Waals surface area contributed by atoms with Crippen LogP contribution in [0, 0.1) is 5.92 Å². The van der Waals surface area contributed by atoms with Crippen LogP contribution in [-0.4, -0.2) is 55.8 Å². The Morgan fingerprint density at radius 3 is 3.09 bits per heavy atom. The fraction of sp³-hybridized carbons (Fsp3) is 0.647. The molecule has 1 unspecified atom stereocenters. The van der Waals surface area contributed by atoms with E-state index in [1.807, 2.05) is 19.1 Å². The molecule has 0 saturated carbocycles. The van der Waals surface area contributed by atoms with Crippen LogP contribution in [0.4, 0.5) is 0 Å². The SMILES string of the molecule is CCNC(=NCc1ccnc(OCC)c1)N(C)CC1CCOC1. The smallest absolute Gasteiger partial charge is 0.213 e. The number of rotatable bonds is 7. The summed E-state index contributed by atoms with van der Waals surface area (Å²) in [6.07, 6.45) is 2.90. The first-order valence-electron chi connectivity index (χ1n) is 8.37. The lowest BCUT2D eigenvalue weighted by molar-refractivity contribution is 0.181. The van der Waals surface area contributed by atoms with E-state index in [4.69, 9.17) is 14.5 Å². The third kappa shape index (κ3) is 5.71. The highest BCUT2D eigenvalue weighted by Crippen LogP contribution is 2.14. The van der Waals surface area contributed by atoms with Gasteiger partial charge in [-0.05, 0) is 31.9 Å². The fourth-order valence-corrected chi connectivity index (χ4v) is 2.61. The van der Waals surface area contributed by atoms with Gasteiger partial charge in [0.2, 0.25) is 5.88 Å². The molecule has 0 aliphatic carbocycles. The van der Waals surface area contributed by atoms with Crippen molar-refractivity contribution in [1.29, 1.82) is 0 Å².